The Kier molecular flexibility index (Phi) is 4.72. The van der Waals surface area contributed by atoms with Gasteiger partial charge in [-0.25, -0.2) is 4.98 Å². The molecule has 0 unspecified atom stereocenters. The van der Waals surface area contributed by atoms with Crippen molar-refractivity contribution in [2.45, 2.75) is 19.8 Å². The fourth-order valence-corrected chi connectivity index (χ4v) is 2.18. The van der Waals surface area contributed by atoms with Gasteiger partial charge in [0.15, 0.2) is 0 Å². The maximum absolute atomic E-state index is 12.3. The van der Waals surface area contributed by atoms with Gasteiger partial charge in [0.25, 0.3) is 0 Å². The molecule has 7 heteroatoms. The monoisotopic (exact) mass is 360 g/mol. The summed E-state index contributed by atoms with van der Waals surface area (Å²) < 4.78 is 41.7. The molecule has 0 saturated heterocycles. The van der Waals surface area contributed by atoms with Crippen LogP contribution in [-0.2, 0) is 6.54 Å². The van der Waals surface area contributed by atoms with Crippen molar-refractivity contribution in [2.75, 3.05) is 5.32 Å². The Labute approximate surface area is 128 Å². The summed E-state index contributed by atoms with van der Waals surface area (Å²) in [6, 6.07) is 9.59. The Morgan fingerprint density at radius 1 is 1.19 bits per heavy atom. The molecule has 1 heterocycles. The topological polar surface area (TPSA) is 34.2 Å². The summed E-state index contributed by atoms with van der Waals surface area (Å²) in [6.07, 6.45) is -4.70. The van der Waals surface area contributed by atoms with Gasteiger partial charge in [0.2, 0.25) is 0 Å². The first-order valence-electron chi connectivity index (χ1n) is 6.06. The molecule has 112 valence electrons. The number of hydrogen-bond acceptors (Lipinski definition) is 3. The van der Waals surface area contributed by atoms with Crippen molar-refractivity contribution in [2.24, 2.45) is 0 Å². The third-order valence-corrected chi connectivity index (χ3v) is 3.16. The second kappa shape index (κ2) is 6.34. The molecule has 0 amide bonds. The Balaban J connectivity index is 2.13. The smallest absolute Gasteiger partial charge is 0.405 e. The van der Waals surface area contributed by atoms with Crippen molar-refractivity contribution in [1.82, 2.24) is 4.98 Å². The third kappa shape index (κ3) is 4.63. The summed E-state index contributed by atoms with van der Waals surface area (Å²) >= 11 is 3.25. The molecule has 2 aromatic rings. The van der Waals surface area contributed by atoms with E-state index in [1.807, 2.05) is 6.92 Å². The number of aryl methyl sites for hydroxylation is 1. The van der Waals surface area contributed by atoms with Crippen LogP contribution in [-0.4, -0.2) is 11.3 Å². The summed E-state index contributed by atoms with van der Waals surface area (Å²) in [4.78, 5) is 4.21. The first-order valence-corrected chi connectivity index (χ1v) is 6.85. The van der Waals surface area contributed by atoms with Crippen LogP contribution in [0, 0.1) is 6.92 Å². The van der Waals surface area contributed by atoms with Crippen molar-refractivity contribution < 1.29 is 17.9 Å². The first-order chi connectivity index (χ1) is 9.85. The lowest BCUT2D eigenvalue weighted by Gasteiger charge is -2.14. The molecular formula is C14H12BrF3N2O. The molecule has 0 bridgehead atoms. The summed E-state index contributed by atoms with van der Waals surface area (Å²) in [7, 11) is 0. The predicted octanol–water partition coefficient (Wildman–Crippen LogP) is 4.66. The Bertz CT molecular complexity index is 632. The minimum Gasteiger partial charge on any atom is -0.405 e. The molecular weight excluding hydrogens is 349 g/mol. The lowest BCUT2D eigenvalue weighted by atomic mass is 10.2. The number of alkyl halides is 3. The first kappa shape index (κ1) is 15.6. The van der Waals surface area contributed by atoms with Crippen LogP contribution in [0.3, 0.4) is 0 Å². The number of benzene rings is 1. The van der Waals surface area contributed by atoms with E-state index in [4.69, 9.17) is 0 Å². The average Bonchev–Trinajstić information content (AvgIpc) is 2.37. The molecule has 0 fully saturated rings. The SMILES string of the molecule is Cc1nc(Br)ccc1NCc1ccccc1OC(F)(F)F. The quantitative estimate of drug-likeness (QED) is 0.805. The molecule has 21 heavy (non-hydrogen) atoms. The number of anilines is 1. The van der Waals surface area contributed by atoms with E-state index in [-0.39, 0.29) is 12.3 Å². The molecule has 0 aliphatic carbocycles. The molecule has 0 aliphatic heterocycles. The molecule has 0 saturated carbocycles. The third-order valence-electron chi connectivity index (χ3n) is 2.72. The zero-order chi connectivity index (χ0) is 15.5. The summed E-state index contributed by atoms with van der Waals surface area (Å²) in [5.74, 6) is -0.208. The van der Waals surface area contributed by atoms with E-state index >= 15 is 0 Å². The lowest BCUT2D eigenvalue weighted by Crippen LogP contribution is -2.18. The summed E-state index contributed by atoms with van der Waals surface area (Å²) in [6.45, 7) is 2.02. The standard InChI is InChI=1S/C14H12BrF3N2O/c1-9-11(6-7-13(15)20-9)19-8-10-4-2-3-5-12(10)21-14(16,17)18/h2-7,19H,8H2,1H3. The van der Waals surface area contributed by atoms with Crippen LogP contribution in [0.25, 0.3) is 0 Å². The predicted molar refractivity (Wildman–Crippen MR) is 77.1 cm³/mol. The highest BCUT2D eigenvalue weighted by molar-refractivity contribution is 9.10. The Morgan fingerprint density at radius 3 is 2.57 bits per heavy atom. The van der Waals surface area contributed by atoms with Crippen LogP contribution in [0.1, 0.15) is 11.3 Å². The highest BCUT2D eigenvalue weighted by Crippen LogP contribution is 2.27. The molecule has 0 spiro atoms. The van der Waals surface area contributed by atoms with Crippen LogP contribution in [0.5, 0.6) is 5.75 Å². The molecule has 1 N–H and O–H groups in total. The second-order valence-corrected chi connectivity index (χ2v) is 5.09. The van der Waals surface area contributed by atoms with Gasteiger partial charge in [0, 0.05) is 12.1 Å². The van der Waals surface area contributed by atoms with Gasteiger partial charge in [0.1, 0.15) is 10.4 Å². The molecule has 3 nitrogen and oxygen atoms in total. The van der Waals surface area contributed by atoms with Crippen LogP contribution >= 0.6 is 15.9 Å². The van der Waals surface area contributed by atoms with Crippen molar-refractivity contribution in [1.29, 1.82) is 0 Å². The maximum Gasteiger partial charge on any atom is 0.573 e. The number of aromatic nitrogens is 1. The zero-order valence-electron chi connectivity index (χ0n) is 11.0. The van der Waals surface area contributed by atoms with Gasteiger partial charge >= 0.3 is 6.36 Å². The van der Waals surface area contributed by atoms with Gasteiger partial charge in [-0.05, 0) is 41.1 Å². The summed E-state index contributed by atoms with van der Waals surface area (Å²) in [5, 5.41) is 3.05. The average molecular weight is 361 g/mol. The number of nitrogens with zero attached hydrogens (tertiary/aromatic N) is 1. The molecule has 0 atom stereocenters. The van der Waals surface area contributed by atoms with Gasteiger partial charge in [-0.1, -0.05) is 18.2 Å². The van der Waals surface area contributed by atoms with Crippen LogP contribution < -0.4 is 10.1 Å². The van der Waals surface area contributed by atoms with Crippen molar-refractivity contribution in [3.05, 3.63) is 52.3 Å². The van der Waals surface area contributed by atoms with Gasteiger partial charge in [-0.3, -0.25) is 0 Å². The number of rotatable bonds is 4. The van der Waals surface area contributed by atoms with E-state index in [1.54, 1.807) is 24.3 Å². The zero-order valence-corrected chi connectivity index (χ0v) is 12.6. The fraction of sp³-hybridized carbons (Fsp3) is 0.214. The molecule has 0 radical (unpaired) electrons. The van der Waals surface area contributed by atoms with Crippen molar-refractivity contribution in [3.63, 3.8) is 0 Å². The number of hydrogen-bond donors (Lipinski definition) is 1. The second-order valence-electron chi connectivity index (χ2n) is 4.28. The number of pyridine rings is 1. The molecule has 1 aromatic heterocycles. The number of halogens is 4. The number of para-hydroxylation sites is 1. The summed E-state index contributed by atoms with van der Waals surface area (Å²) in [5.41, 5.74) is 1.91. The Morgan fingerprint density at radius 2 is 1.90 bits per heavy atom. The van der Waals surface area contributed by atoms with Gasteiger partial charge < -0.3 is 10.1 Å². The highest BCUT2D eigenvalue weighted by atomic mass is 79.9. The van der Waals surface area contributed by atoms with E-state index in [1.165, 1.54) is 12.1 Å². The minimum atomic E-state index is -4.70. The molecule has 0 aliphatic rings. The van der Waals surface area contributed by atoms with Gasteiger partial charge in [-0.15, -0.1) is 13.2 Å². The molecule has 2 rings (SSSR count). The van der Waals surface area contributed by atoms with Crippen LogP contribution in [0.15, 0.2) is 41.0 Å². The van der Waals surface area contributed by atoms with Crippen molar-refractivity contribution in [3.8, 4) is 5.75 Å². The van der Waals surface area contributed by atoms with Gasteiger partial charge in [-0.2, -0.15) is 0 Å². The largest absolute Gasteiger partial charge is 0.573 e. The van der Waals surface area contributed by atoms with Crippen molar-refractivity contribution >= 4 is 21.6 Å². The maximum atomic E-state index is 12.3. The minimum absolute atomic E-state index is 0.205. The lowest BCUT2D eigenvalue weighted by molar-refractivity contribution is -0.274. The van der Waals surface area contributed by atoms with Gasteiger partial charge in [0.05, 0.1) is 11.4 Å². The van der Waals surface area contributed by atoms with E-state index in [2.05, 4.69) is 31.0 Å². The number of ether oxygens (including phenoxy) is 1. The van der Waals surface area contributed by atoms with Crippen LogP contribution in [0.2, 0.25) is 0 Å². The number of nitrogens with one attached hydrogen (secondary N) is 1. The fourth-order valence-electron chi connectivity index (χ4n) is 1.78. The van der Waals surface area contributed by atoms with Crippen LogP contribution in [0.4, 0.5) is 18.9 Å². The van der Waals surface area contributed by atoms with E-state index in [0.29, 0.717) is 10.2 Å². The normalized spacial score (nSPS) is 11.3. The highest BCUT2D eigenvalue weighted by Gasteiger charge is 2.31. The van der Waals surface area contributed by atoms with E-state index < -0.39 is 6.36 Å². The van der Waals surface area contributed by atoms with E-state index in [9.17, 15) is 13.2 Å². The molecule has 1 aromatic carbocycles. The van der Waals surface area contributed by atoms with E-state index in [0.717, 1.165) is 11.4 Å². The Hall–Kier alpha value is -1.76.